The third-order valence-electron chi connectivity index (χ3n) is 3.94. The molecule has 1 saturated carbocycles. The van der Waals surface area contributed by atoms with Crippen LogP contribution >= 0.6 is 0 Å². The van der Waals surface area contributed by atoms with Gasteiger partial charge in [-0.2, -0.15) is 0 Å². The summed E-state index contributed by atoms with van der Waals surface area (Å²) in [7, 11) is 0. The van der Waals surface area contributed by atoms with Gasteiger partial charge in [-0.3, -0.25) is 0 Å². The Morgan fingerprint density at radius 2 is 1.89 bits per heavy atom. The molecule has 1 aromatic carbocycles. The van der Waals surface area contributed by atoms with Crippen LogP contribution in [0.15, 0.2) is 18.2 Å². The maximum atomic E-state index is 9.55. The molecule has 0 bridgehead atoms. The van der Waals surface area contributed by atoms with Gasteiger partial charge < -0.3 is 9.84 Å². The molecular formula is C16H24O2. The van der Waals surface area contributed by atoms with Gasteiger partial charge in [0.15, 0.2) is 0 Å². The van der Waals surface area contributed by atoms with Gasteiger partial charge in [0.25, 0.3) is 0 Å². The molecule has 1 aliphatic rings. The van der Waals surface area contributed by atoms with Crippen molar-refractivity contribution in [1.82, 2.24) is 0 Å². The smallest absolute Gasteiger partial charge is 0.122 e. The zero-order valence-electron chi connectivity index (χ0n) is 11.6. The van der Waals surface area contributed by atoms with E-state index >= 15 is 0 Å². The molecule has 2 heteroatoms. The van der Waals surface area contributed by atoms with Gasteiger partial charge in [-0.1, -0.05) is 13.0 Å². The Labute approximate surface area is 110 Å². The SMILES string of the molecule is Cc1cc(C(C)O)ccc1OC1CCC(C)CC1. The highest BCUT2D eigenvalue weighted by Crippen LogP contribution is 2.29. The highest BCUT2D eigenvalue weighted by Gasteiger charge is 2.20. The summed E-state index contributed by atoms with van der Waals surface area (Å²) in [4.78, 5) is 0. The monoisotopic (exact) mass is 248 g/mol. The molecule has 0 aromatic heterocycles. The lowest BCUT2D eigenvalue weighted by Gasteiger charge is -2.27. The lowest BCUT2D eigenvalue weighted by atomic mass is 9.89. The molecule has 100 valence electrons. The van der Waals surface area contributed by atoms with E-state index < -0.39 is 6.10 Å². The summed E-state index contributed by atoms with van der Waals surface area (Å²) >= 11 is 0. The van der Waals surface area contributed by atoms with Crippen LogP contribution in [0.3, 0.4) is 0 Å². The maximum Gasteiger partial charge on any atom is 0.122 e. The van der Waals surface area contributed by atoms with Crippen molar-refractivity contribution in [3.8, 4) is 5.75 Å². The third-order valence-corrected chi connectivity index (χ3v) is 3.94. The highest BCUT2D eigenvalue weighted by atomic mass is 16.5. The van der Waals surface area contributed by atoms with E-state index in [0.29, 0.717) is 6.10 Å². The standard InChI is InChI=1S/C16H24O2/c1-11-4-7-15(8-5-11)18-16-9-6-14(13(3)17)10-12(16)2/h6,9-11,13,15,17H,4-5,7-8H2,1-3H3. The number of benzene rings is 1. The number of hydrogen-bond acceptors (Lipinski definition) is 2. The van der Waals surface area contributed by atoms with Gasteiger partial charge >= 0.3 is 0 Å². The van der Waals surface area contributed by atoms with Crippen LogP contribution in [0, 0.1) is 12.8 Å². The Morgan fingerprint density at radius 1 is 1.22 bits per heavy atom. The van der Waals surface area contributed by atoms with E-state index in [-0.39, 0.29) is 0 Å². The third kappa shape index (κ3) is 3.26. The van der Waals surface area contributed by atoms with Gasteiger partial charge in [0.05, 0.1) is 12.2 Å². The van der Waals surface area contributed by atoms with Gasteiger partial charge in [-0.05, 0) is 68.7 Å². The van der Waals surface area contributed by atoms with Gasteiger partial charge in [-0.25, -0.2) is 0 Å². The van der Waals surface area contributed by atoms with E-state index in [9.17, 15) is 5.11 Å². The lowest BCUT2D eigenvalue weighted by Crippen LogP contribution is -2.23. The van der Waals surface area contributed by atoms with E-state index in [1.165, 1.54) is 25.7 Å². The Kier molecular flexibility index (Phi) is 4.28. The van der Waals surface area contributed by atoms with Crippen molar-refractivity contribution in [2.75, 3.05) is 0 Å². The number of aliphatic hydroxyl groups is 1. The van der Waals surface area contributed by atoms with Crippen LogP contribution in [-0.2, 0) is 0 Å². The molecule has 1 unspecified atom stereocenters. The minimum absolute atomic E-state index is 0.372. The average Bonchev–Trinajstić information content (AvgIpc) is 2.34. The van der Waals surface area contributed by atoms with Crippen molar-refractivity contribution in [3.63, 3.8) is 0 Å². The molecule has 0 heterocycles. The van der Waals surface area contributed by atoms with Gasteiger partial charge in [-0.15, -0.1) is 0 Å². The second kappa shape index (κ2) is 5.75. The van der Waals surface area contributed by atoms with Crippen molar-refractivity contribution in [2.24, 2.45) is 5.92 Å². The molecule has 2 nitrogen and oxygen atoms in total. The summed E-state index contributed by atoms with van der Waals surface area (Å²) in [6, 6.07) is 5.97. The number of aryl methyl sites for hydroxylation is 1. The molecule has 0 radical (unpaired) electrons. The fraction of sp³-hybridized carbons (Fsp3) is 0.625. The first-order valence-electron chi connectivity index (χ1n) is 7.01. The summed E-state index contributed by atoms with van der Waals surface area (Å²) in [6.07, 6.45) is 4.84. The molecule has 0 spiro atoms. The van der Waals surface area contributed by atoms with E-state index in [1.54, 1.807) is 6.92 Å². The minimum Gasteiger partial charge on any atom is -0.490 e. The van der Waals surface area contributed by atoms with Crippen LogP contribution in [0.1, 0.15) is 56.8 Å². The predicted octanol–water partition coefficient (Wildman–Crippen LogP) is 4.01. The quantitative estimate of drug-likeness (QED) is 0.876. The summed E-state index contributed by atoms with van der Waals surface area (Å²) in [5.41, 5.74) is 2.07. The number of hydrogen-bond donors (Lipinski definition) is 1. The van der Waals surface area contributed by atoms with Gasteiger partial charge in [0, 0.05) is 0 Å². The Bertz CT molecular complexity index is 390. The van der Waals surface area contributed by atoms with Crippen molar-refractivity contribution in [1.29, 1.82) is 0 Å². The van der Waals surface area contributed by atoms with Gasteiger partial charge in [0.1, 0.15) is 5.75 Å². The zero-order chi connectivity index (χ0) is 13.1. The highest BCUT2D eigenvalue weighted by molar-refractivity contribution is 5.37. The summed E-state index contributed by atoms with van der Waals surface area (Å²) < 4.78 is 6.09. The largest absolute Gasteiger partial charge is 0.490 e. The maximum absolute atomic E-state index is 9.55. The molecule has 1 aromatic rings. The number of ether oxygens (including phenoxy) is 1. The number of aliphatic hydroxyl groups excluding tert-OH is 1. The second-order valence-corrected chi connectivity index (χ2v) is 5.70. The Balaban J connectivity index is 2.01. The van der Waals surface area contributed by atoms with Crippen LogP contribution in [-0.4, -0.2) is 11.2 Å². The summed E-state index contributed by atoms with van der Waals surface area (Å²) in [6.45, 7) is 6.16. The molecular weight excluding hydrogens is 224 g/mol. The van der Waals surface area contributed by atoms with Crippen LogP contribution in [0.25, 0.3) is 0 Å². The Hall–Kier alpha value is -1.02. The fourth-order valence-electron chi connectivity index (χ4n) is 2.59. The van der Waals surface area contributed by atoms with Crippen LogP contribution in [0.4, 0.5) is 0 Å². The molecule has 1 atom stereocenters. The summed E-state index contributed by atoms with van der Waals surface area (Å²) in [5, 5.41) is 9.55. The molecule has 1 N–H and O–H groups in total. The summed E-state index contributed by atoms with van der Waals surface area (Å²) in [5.74, 6) is 1.82. The molecule has 2 rings (SSSR count). The molecule has 0 aliphatic heterocycles. The van der Waals surface area contributed by atoms with Gasteiger partial charge in [0.2, 0.25) is 0 Å². The fourth-order valence-corrected chi connectivity index (χ4v) is 2.59. The first kappa shape index (κ1) is 13.4. The second-order valence-electron chi connectivity index (χ2n) is 5.70. The minimum atomic E-state index is -0.409. The van der Waals surface area contributed by atoms with E-state index in [0.717, 1.165) is 22.8 Å². The van der Waals surface area contributed by atoms with Crippen LogP contribution < -0.4 is 4.74 Å². The average molecular weight is 248 g/mol. The lowest BCUT2D eigenvalue weighted by molar-refractivity contribution is 0.134. The predicted molar refractivity (Wildman–Crippen MR) is 73.9 cm³/mol. The molecule has 0 saturated heterocycles. The first-order chi connectivity index (χ1) is 8.56. The molecule has 1 aliphatic carbocycles. The molecule has 1 fully saturated rings. The molecule has 18 heavy (non-hydrogen) atoms. The number of rotatable bonds is 3. The van der Waals surface area contributed by atoms with Crippen molar-refractivity contribution in [2.45, 2.75) is 58.7 Å². The van der Waals surface area contributed by atoms with Crippen molar-refractivity contribution in [3.05, 3.63) is 29.3 Å². The van der Waals surface area contributed by atoms with Crippen LogP contribution in [0.2, 0.25) is 0 Å². The topological polar surface area (TPSA) is 29.5 Å². The zero-order valence-corrected chi connectivity index (χ0v) is 11.6. The van der Waals surface area contributed by atoms with E-state index in [4.69, 9.17) is 4.74 Å². The normalized spacial score (nSPS) is 25.8. The van der Waals surface area contributed by atoms with Crippen molar-refractivity contribution >= 4 is 0 Å². The Morgan fingerprint density at radius 3 is 2.44 bits per heavy atom. The van der Waals surface area contributed by atoms with E-state index in [2.05, 4.69) is 6.92 Å². The molecule has 0 amide bonds. The van der Waals surface area contributed by atoms with Crippen molar-refractivity contribution < 1.29 is 9.84 Å². The van der Waals surface area contributed by atoms with E-state index in [1.807, 2.05) is 25.1 Å². The van der Waals surface area contributed by atoms with Crippen LogP contribution in [0.5, 0.6) is 5.75 Å². The first-order valence-corrected chi connectivity index (χ1v) is 7.01.